The zero-order chi connectivity index (χ0) is 23.1. The van der Waals surface area contributed by atoms with Gasteiger partial charge < -0.3 is 9.47 Å². The maximum Gasteiger partial charge on any atom is 0.307 e. The minimum absolute atomic E-state index is 0.0720. The lowest BCUT2D eigenvalue weighted by molar-refractivity contribution is 0.272. The normalized spacial score (nSPS) is 12.1. The van der Waals surface area contributed by atoms with Crippen molar-refractivity contribution in [1.82, 2.24) is 14.2 Å². The third kappa shape index (κ3) is 6.51. The molecule has 0 amide bonds. The van der Waals surface area contributed by atoms with Gasteiger partial charge in [-0.15, -0.1) is 0 Å². The first-order valence-electron chi connectivity index (χ1n) is 11.2. The van der Waals surface area contributed by atoms with E-state index in [1.165, 1.54) is 16.9 Å². The Morgan fingerprint density at radius 2 is 1.78 bits per heavy atom. The standard InChI is InChI=1S/C24H33N3O3S2/c1-4-15-27(17-13-20-9-12-22-23(18-20)31-24(28)26(22)3)16-6-5-14-25-32(29,30)21-10-7-19(2)8-11-21/h7-12,18,25H,4-6,13-17H2,1-3H3. The minimum atomic E-state index is -3.44. The SMILES string of the molecule is CCCN(CCCCNS(=O)(=O)c1ccc(C)cc1)CCc1ccc2c(c1)sc(=O)n2C. The number of aryl methyl sites for hydroxylation is 2. The number of fused-ring (bicyclic) bond motifs is 1. The maximum absolute atomic E-state index is 12.4. The van der Waals surface area contributed by atoms with Gasteiger partial charge in [-0.2, -0.15) is 0 Å². The number of nitrogens with zero attached hydrogens (tertiary/aromatic N) is 2. The van der Waals surface area contributed by atoms with Crippen LogP contribution in [-0.2, 0) is 23.5 Å². The molecule has 8 heteroatoms. The van der Waals surface area contributed by atoms with Crippen LogP contribution >= 0.6 is 11.3 Å². The molecule has 0 fully saturated rings. The number of sulfonamides is 1. The van der Waals surface area contributed by atoms with Crippen LogP contribution in [0.25, 0.3) is 10.2 Å². The molecule has 0 atom stereocenters. The van der Waals surface area contributed by atoms with Crippen molar-refractivity contribution in [3.63, 3.8) is 0 Å². The van der Waals surface area contributed by atoms with Crippen LogP contribution in [0.4, 0.5) is 0 Å². The van der Waals surface area contributed by atoms with Crippen molar-refractivity contribution in [1.29, 1.82) is 0 Å². The molecule has 0 aliphatic heterocycles. The van der Waals surface area contributed by atoms with E-state index in [0.29, 0.717) is 11.4 Å². The summed E-state index contributed by atoms with van der Waals surface area (Å²) in [6.07, 6.45) is 3.76. The second-order valence-electron chi connectivity index (χ2n) is 8.24. The van der Waals surface area contributed by atoms with Crippen molar-refractivity contribution in [3.05, 3.63) is 63.3 Å². The van der Waals surface area contributed by atoms with Crippen molar-refractivity contribution >= 4 is 31.6 Å². The van der Waals surface area contributed by atoms with Gasteiger partial charge >= 0.3 is 4.87 Å². The molecule has 2 aromatic carbocycles. The van der Waals surface area contributed by atoms with Gasteiger partial charge in [0.15, 0.2) is 0 Å². The molecule has 0 radical (unpaired) electrons. The highest BCUT2D eigenvalue weighted by atomic mass is 32.2. The van der Waals surface area contributed by atoms with Crippen molar-refractivity contribution in [2.45, 2.75) is 44.4 Å². The molecular weight excluding hydrogens is 442 g/mol. The molecule has 0 aliphatic rings. The van der Waals surface area contributed by atoms with Gasteiger partial charge in [-0.25, -0.2) is 13.1 Å². The summed E-state index contributed by atoms with van der Waals surface area (Å²) in [7, 11) is -1.63. The van der Waals surface area contributed by atoms with Crippen molar-refractivity contribution < 1.29 is 8.42 Å². The molecule has 3 rings (SSSR count). The number of thiazole rings is 1. The highest BCUT2D eigenvalue weighted by molar-refractivity contribution is 7.89. The lowest BCUT2D eigenvalue weighted by atomic mass is 10.1. The van der Waals surface area contributed by atoms with Gasteiger partial charge in [0, 0.05) is 20.1 Å². The highest BCUT2D eigenvalue weighted by Crippen LogP contribution is 2.19. The third-order valence-electron chi connectivity index (χ3n) is 5.64. The number of aromatic nitrogens is 1. The van der Waals surface area contributed by atoms with E-state index in [4.69, 9.17) is 0 Å². The zero-order valence-electron chi connectivity index (χ0n) is 19.1. The van der Waals surface area contributed by atoms with Gasteiger partial charge in [0.25, 0.3) is 0 Å². The van der Waals surface area contributed by atoms with E-state index in [1.54, 1.807) is 16.7 Å². The largest absolute Gasteiger partial charge is 0.307 e. The molecule has 6 nitrogen and oxygen atoms in total. The molecule has 0 unspecified atom stereocenters. The minimum Gasteiger partial charge on any atom is -0.303 e. The van der Waals surface area contributed by atoms with Crippen LogP contribution in [0.3, 0.4) is 0 Å². The van der Waals surface area contributed by atoms with E-state index >= 15 is 0 Å². The first-order chi connectivity index (χ1) is 15.3. The van der Waals surface area contributed by atoms with Crippen LogP contribution in [0.2, 0.25) is 0 Å². The van der Waals surface area contributed by atoms with Gasteiger partial charge in [-0.05, 0) is 75.5 Å². The average Bonchev–Trinajstić information content (AvgIpc) is 3.05. The van der Waals surface area contributed by atoms with Crippen LogP contribution in [-0.4, -0.2) is 44.1 Å². The van der Waals surface area contributed by atoms with Crippen molar-refractivity contribution in [2.24, 2.45) is 7.05 Å². The van der Waals surface area contributed by atoms with Gasteiger partial charge in [-0.3, -0.25) is 4.79 Å². The molecule has 3 aromatic rings. The second-order valence-corrected chi connectivity index (χ2v) is 11.0. The number of rotatable bonds is 12. The predicted molar refractivity (Wildman–Crippen MR) is 133 cm³/mol. The van der Waals surface area contributed by atoms with Crippen molar-refractivity contribution in [3.8, 4) is 0 Å². The molecule has 1 N–H and O–H groups in total. The number of nitrogens with one attached hydrogen (secondary N) is 1. The van der Waals surface area contributed by atoms with Gasteiger partial charge in [0.1, 0.15) is 0 Å². The third-order valence-corrected chi connectivity index (χ3v) is 8.11. The van der Waals surface area contributed by atoms with Crippen LogP contribution < -0.4 is 9.60 Å². The first-order valence-corrected chi connectivity index (χ1v) is 13.5. The van der Waals surface area contributed by atoms with Gasteiger partial charge in [-0.1, -0.05) is 42.0 Å². The highest BCUT2D eigenvalue weighted by Gasteiger charge is 2.13. The molecule has 1 aromatic heterocycles. The molecule has 0 saturated heterocycles. The van der Waals surface area contributed by atoms with Crippen molar-refractivity contribution in [2.75, 3.05) is 26.2 Å². The summed E-state index contributed by atoms with van der Waals surface area (Å²) in [6.45, 7) is 7.48. The summed E-state index contributed by atoms with van der Waals surface area (Å²) in [4.78, 5) is 14.7. The molecule has 0 bridgehead atoms. The molecule has 0 spiro atoms. The molecule has 0 saturated carbocycles. The summed E-state index contributed by atoms with van der Waals surface area (Å²) in [5.41, 5.74) is 3.27. The van der Waals surface area contributed by atoms with E-state index in [-0.39, 0.29) is 4.87 Å². The monoisotopic (exact) mass is 475 g/mol. The number of benzene rings is 2. The Morgan fingerprint density at radius 1 is 1.03 bits per heavy atom. The fraction of sp³-hybridized carbons (Fsp3) is 0.458. The molecule has 1 heterocycles. The maximum atomic E-state index is 12.4. The Kier molecular flexibility index (Phi) is 8.64. The summed E-state index contributed by atoms with van der Waals surface area (Å²) >= 11 is 1.30. The smallest absolute Gasteiger partial charge is 0.303 e. The fourth-order valence-electron chi connectivity index (χ4n) is 3.74. The number of unbranched alkanes of at least 4 members (excludes halogenated alkanes) is 1. The zero-order valence-corrected chi connectivity index (χ0v) is 20.8. The summed E-state index contributed by atoms with van der Waals surface area (Å²) in [5.74, 6) is 0. The number of hydrogen-bond acceptors (Lipinski definition) is 5. The van der Waals surface area contributed by atoms with Crippen LogP contribution in [0.15, 0.2) is 52.2 Å². The molecule has 0 aliphatic carbocycles. The molecule has 174 valence electrons. The van der Waals surface area contributed by atoms with E-state index in [2.05, 4.69) is 28.7 Å². The summed E-state index contributed by atoms with van der Waals surface area (Å²) in [5, 5.41) is 0. The van der Waals surface area contributed by atoms with E-state index < -0.39 is 10.0 Å². The summed E-state index contributed by atoms with van der Waals surface area (Å²) < 4.78 is 30.2. The predicted octanol–water partition coefficient (Wildman–Crippen LogP) is 3.92. The molecular formula is C24H33N3O3S2. The Balaban J connectivity index is 1.45. The van der Waals surface area contributed by atoms with E-state index in [9.17, 15) is 13.2 Å². The second kappa shape index (κ2) is 11.2. The van der Waals surface area contributed by atoms with E-state index in [0.717, 1.165) is 61.1 Å². The average molecular weight is 476 g/mol. The summed E-state index contributed by atoms with van der Waals surface area (Å²) in [6, 6.07) is 13.2. The lowest BCUT2D eigenvalue weighted by Gasteiger charge is -2.21. The Hall–Kier alpha value is -2.00. The first kappa shape index (κ1) is 24.6. The Bertz CT molecular complexity index is 1180. The van der Waals surface area contributed by atoms with Gasteiger partial charge in [0.2, 0.25) is 10.0 Å². The van der Waals surface area contributed by atoms with Crippen LogP contribution in [0.1, 0.15) is 37.3 Å². The fourth-order valence-corrected chi connectivity index (χ4v) is 5.76. The van der Waals surface area contributed by atoms with Crippen LogP contribution in [0.5, 0.6) is 0 Å². The quantitative estimate of drug-likeness (QED) is 0.403. The van der Waals surface area contributed by atoms with Crippen LogP contribution in [0, 0.1) is 6.92 Å². The molecule has 32 heavy (non-hydrogen) atoms. The van der Waals surface area contributed by atoms with Gasteiger partial charge in [0.05, 0.1) is 15.1 Å². The lowest BCUT2D eigenvalue weighted by Crippen LogP contribution is -2.29. The van der Waals surface area contributed by atoms with E-state index in [1.807, 2.05) is 32.2 Å². The Morgan fingerprint density at radius 3 is 2.50 bits per heavy atom. The topological polar surface area (TPSA) is 71.4 Å². The number of hydrogen-bond donors (Lipinski definition) is 1. The Labute approximate surface area is 194 Å².